The van der Waals surface area contributed by atoms with Crippen molar-refractivity contribution >= 4 is 5.91 Å². The number of carbonyl (C=O) groups is 1. The summed E-state index contributed by atoms with van der Waals surface area (Å²) in [5, 5.41) is 13.5. The maximum Gasteiger partial charge on any atom is 0.258 e. The van der Waals surface area contributed by atoms with Gasteiger partial charge >= 0.3 is 0 Å². The number of amides is 1. The van der Waals surface area contributed by atoms with E-state index in [2.05, 4.69) is 10.2 Å². The number of aromatic nitrogens is 1. The molecular weight excluding hydrogens is 421 g/mol. The number of carbonyl (C=O) groups excluding carboxylic acids is 1. The van der Waals surface area contributed by atoms with E-state index in [1.54, 1.807) is 22.8 Å². The number of pyridine rings is 1. The minimum absolute atomic E-state index is 0.000819. The van der Waals surface area contributed by atoms with Gasteiger partial charge in [-0.3, -0.25) is 14.5 Å². The van der Waals surface area contributed by atoms with Crippen LogP contribution in [-0.4, -0.2) is 46.2 Å². The quantitative estimate of drug-likeness (QED) is 0.679. The van der Waals surface area contributed by atoms with Crippen LogP contribution in [0.2, 0.25) is 0 Å². The van der Waals surface area contributed by atoms with Gasteiger partial charge in [0.15, 0.2) is 0 Å². The van der Waals surface area contributed by atoms with Crippen LogP contribution >= 0.6 is 0 Å². The number of aliphatic hydroxyl groups is 1. The second-order valence-electron chi connectivity index (χ2n) is 10.3. The van der Waals surface area contributed by atoms with Crippen molar-refractivity contribution in [1.29, 1.82) is 0 Å². The lowest BCUT2D eigenvalue weighted by atomic mass is 9.88. The van der Waals surface area contributed by atoms with Gasteiger partial charge < -0.3 is 15.0 Å². The number of likely N-dealkylation sites (tertiary alicyclic amines) is 1. The molecule has 7 heteroatoms. The fourth-order valence-corrected chi connectivity index (χ4v) is 5.96. The maximum absolute atomic E-state index is 13.8. The molecule has 3 fully saturated rings. The van der Waals surface area contributed by atoms with E-state index in [1.807, 2.05) is 6.07 Å². The Balaban J connectivity index is 1.36. The van der Waals surface area contributed by atoms with Gasteiger partial charge in [0, 0.05) is 49.3 Å². The van der Waals surface area contributed by atoms with Gasteiger partial charge in [-0.25, -0.2) is 4.39 Å². The average molecular weight is 452 g/mol. The molecule has 1 saturated heterocycles. The largest absolute Gasteiger partial charge is 0.396 e. The van der Waals surface area contributed by atoms with Crippen LogP contribution in [0.5, 0.6) is 0 Å². The van der Waals surface area contributed by atoms with Crippen LogP contribution in [0.3, 0.4) is 0 Å². The number of fused-ring (bicyclic) bond motifs is 3. The van der Waals surface area contributed by atoms with Crippen molar-refractivity contribution in [2.45, 2.75) is 44.3 Å². The number of halogens is 1. The Morgan fingerprint density at radius 1 is 1.12 bits per heavy atom. The van der Waals surface area contributed by atoms with E-state index in [0.29, 0.717) is 36.1 Å². The van der Waals surface area contributed by atoms with Gasteiger partial charge in [-0.2, -0.15) is 0 Å². The molecule has 1 aromatic carbocycles. The third-order valence-corrected chi connectivity index (χ3v) is 8.02. The monoisotopic (exact) mass is 451 g/mol. The van der Waals surface area contributed by atoms with Crippen molar-refractivity contribution in [3.63, 3.8) is 0 Å². The maximum atomic E-state index is 13.8. The van der Waals surface area contributed by atoms with Crippen LogP contribution in [0.1, 0.15) is 37.4 Å². The topological polar surface area (TPSA) is 74.6 Å². The first-order chi connectivity index (χ1) is 16.0. The zero-order valence-electron chi connectivity index (χ0n) is 18.6. The SMILES string of the molecule is O=C(NCC1CC1)[C@@H]1[C@@H](CO)[C@@H]2Cn3c(ccc(-c4cccc(F)c4)c3=O)[C@@H]2N1CC1CC1. The first-order valence-electron chi connectivity index (χ1n) is 12.2. The summed E-state index contributed by atoms with van der Waals surface area (Å²) in [6.07, 6.45) is 4.68. The van der Waals surface area contributed by atoms with Crippen LogP contribution in [0.15, 0.2) is 41.2 Å². The number of benzene rings is 1. The van der Waals surface area contributed by atoms with Gasteiger partial charge in [-0.05, 0) is 67.3 Å². The number of hydrogen-bond acceptors (Lipinski definition) is 4. The van der Waals surface area contributed by atoms with Crippen LogP contribution in [0, 0.1) is 29.5 Å². The van der Waals surface area contributed by atoms with Gasteiger partial charge in [0.1, 0.15) is 5.82 Å². The van der Waals surface area contributed by atoms with Gasteiger partial charge in [0.25, 0.3) is 5.56 Å². The Morgan fingerprint density at radius 3 is 2.61 bits per heavy atom. The fourth-order valence-electron chi connectivity index (χ4n) is 5.96. The Bertz CT molecular complexity index is 1140. The second kappa shape index (κ2) is 8.06. The van der Waals surface area contributed by atoms with E-state index in [1.165, 1.54) is 37.8 Å². The lowest BCUT2D eigenvalue weighted by Gasteiger charge is -2.31. The highest BCUT2D eigenvalue weighted by Gasteiger charge is 2.56. The van der Waals surface area contributed by atoms with Crippen LogP contribution < -0.4 is 10.9 Å². The molecule has 1 aromatic heterocycles. The molecule has 2 N–H and O–H groups in total. The normalized spacial score (nSPS) is 28.5. The van der Waals surface area contributed by atoms with Gasteiger partial charge in [-0.15, -0.1) is 0 Å². The average Bonchev–Trinajstić information content (AvgIpc) is 3.73. The first-order valence-corrected chi connectivity index (χ1v) is 12.2. The molecule has 3 heterocycles. The molecule has 6 nitrogen and oxygen atoms in total. The lowest BCUT2D eigenvalue weighted by molar-refractivity contribution is -0.127. The summed E-state index contributed by atoms with van der Waals surface area (Å²) in [5.74, 6) is 0.603. The van der Waals surface area contributed by atoms with Crippen molar-refractivity contribution in [1.82, 2.24) is 14.8 Å². The number of rotatable bonds is 7. The first kappa shape index (κ1) is 21.1. The lowest BCUT2D eigenvalue weighted by Crippen LogP contribution is -2.49. The molecule has 174 valence electrons. The molecule has 2 aliphatic heterocycles. The predicted molar refractivity (Wildman–Crippen MR) is 122 cm³/mol. The van der Waals surface area contributed by atoms with Crippen molar-refractivity contribution < 1.29 is 14.3 Å². The summed E-state index contributed by atoms with van der Waals surface area (Å²) in [7, 11) is 0. The van der Waals surface area contributed by atoms with Crippen molar-refractivity contribution in [2.24, 2.45) is 23.7 Å². The van der Waals surface area contributed by atoms with E-state index in [9.17, 15) is 19.1 Å². The van der Waals surface area contributed by atoms with E-state index < -0.39 is 0 Å². The fraction of sp³-hybridized carbons (Fsp3) is 0.538. The van der Waals surface area contributed by atoms with E-state index in [0.717, 1.165) is 12.2 Å². The molecule has 1 amide bonds. The molecule has 2 aromatic rings. The number of nitrogens with one attached hydrogen (secondary N) is 1. The van der Waals surface area contributed by atoms with Gasteiger partial charge in [0.2, 0.25) is 5.91 Å². The smallest absolute Gasteiger partial charge is 0.258 e. The summed E-state index contributed by atoms with van der Waals surface area (Å²) < 4.78 is 15.6. The highest BCUT2D eigenvalue weighted by molar-refractivity contribution is 5.83. The second-order valence-corrected chi connectivity index (χ2v) is 10.3. The Kier molecular flexibility index (Phi) is 5.14. The molecule has 6 rings (SSSR count). The zero-order valence-corrected chi connectivity index (χ0v) is 18.6. The molecule has 0 unspecified atom stereocenters. The summed E-state index contributed by atoms with van der Waals surface area (Å²) in [4.78, 5) is 29.0. The standard InChI is InChI=1S/C26H30FN3O3/c27-18-3-1-2-17(10-18)19-8-9-22-23-20(13-29(22)26(19)33)21(14-31)24(30(23)12-16-6-7-16)25(32)28-11-15-4-5-15/h1-3,8-10,15-16,20-21,23-24,31H,4-7,11-14H2,(H,28,32)/t20-,21-,23+,24-/m0/s1. The number of nitrogens with zero attached hydrogens (tertiary/aromatic N) is 2. The minimum Gasteiger partial charge on any atom is -0.396 e. The summed E-state index contributed by atoms with van der Waals surface area (Å²) in [6.45, 7) is 1.93. The third-order valence-electron chi connectivity index (χ3n) is 8.02. The van der Waals surface area contributed by atoms with Crippen molar-refractivity contribution in [3.8, 4) is 11.1 Å². The Labute approximate surface area is 192 Å². The summed E-state index contributed by atoms with van der Waals surface area (Å²) in [5.41, 5.74) is 1.82. The minimum atomic E-state index is -0.370. The predicted octanol–water partition coefficient (Wildman–Crippen LogP) is 2.55. The molecule has 0 radical (unpaired) electrons. The molecule has 2 aliphatic carbocycles. The van der Waals surface area contributed by atoms with Gasteiger partial charge in [-0.1, -0.05) is 12.1 Å². The van der Waals surface area contributed by atoms with E-state index >= 15 is 0 Å². The van der Waals surface area contributed by atoms with Crippen LogP contribution in [0.25, 0.3) is 11.1 Å². The molecule has 0 bridgehead atoms. The summed E-state index contributed by atoms with van der Waals surface area (Å²) in [6, 6.07) is 9.44. The molecule has 2 saturated carbocycles. The third kappa shape index (κ3) is 3.71. The van der Waals surface area contributed by atoms with Crippen molar-refractivity contribution in [2.75, 3.05) is 19.7 Å². The summed E-state index contributed by atoms with van der Waals surface area (Å²) >= 11 is 0. The molecule has 4 aliphatic rings. The van der Waals surface area contributed by atoms with E-state index in [-0.39, 0.29) is 47.8 Å². The molecular formula is C26H30FN3O3. The molecule has 33 heavy (non-hydrogen) atoms. The van der Waals surface area contributed by atoms with Gasteiger partial charge in [0.05, 0.1) is 12.1 Å². The molecule has 0 spiro atoms. The Hall–Kier alpha value is -2.51. The van der Waals surface area contributed by atoms with Crippen molar-refractivity contribution in [3.05, 3.63) is 58.3 Å². The zero-order chi connectivity index (χ0) is 22.7. The van der Waals surface area contributed by atoms with E-state index in [4.69, 9.17) is 0 Å². The number of hydrogen-bond donors (Lipinski definition) is 2. The highest BCUT2D eigenvalue weighted by Crippen LogP contribution is 2.50. The highest BCUT2D eigenvalue weighted by atomic mass is 19.1. The Morgan fingerprint density at radius 2 is 1.91 bits per heavy atom. The van der Waals surface area contributed by atoms with Crippen LogP contribution in [0.4, 0.5) is 4.39 Å². The number of aliphatic hydroxyl groups excluding tert-OH is 1. The molecule has 4 atom stereocenters. The van der Waals surface area contributed by atoms with Crippen LogP contribution in [-0.2, 0) is 11.3 Å².